The number of benzene rings is 2. The van der Waals surface area contributed by atoms with Gasteiger partial charge in [-0.05, 0) is 35.9 Å². The number of nitrogens with one attached hydrogen (secondary N) is 1. The number of esters is 1. The topological polar surface area (TPSA) is 64.6 Å². The third-order valence-corrected chi connectivity index (χ3v) is 2.93. The van der Waals surface area contributed by atoms with Crippen LogP contribution < -0.4 is 10.1 Å². The minimum absolute atomic E-state index is 0.333. The van der Waals surface area contributed by atoms with Gasteiger partial charge in [0.05, 0.1) is 7.11 Å². The van der Waals surface area contributed by atoms with Gasteiger partial charge in [-0.3, -0.25) is 4.79 Å². The van der Waals surface area contributed by atoms with Crippen molar-refractivity contribution >= 4 is 23.6 Å². The van der Waals surface area contributed by atoms with Crippen LogP contribution in [0, 0.1) is 0 Å². The first-order chi connectivity index (χ1) is 11.2. The summed E-state index contributed by atoms with van der Waals surface area (Å²) in [6.45, 7) is -0.333. The average molecular weight is 311 g/mol. The molecule has 0 aliphatic carbocycles. The van der Waals surface area contributed by atoms with Gasteiger partial charge in [-0.2, -0.15) is 0 Å². The molecule has 0 heterocycles. The molecule has 0 aromatic heterocycles. The van der Waals surface area contributed by atoms with Crippen LogP contribution in [0.25, 0.3) is 6.08 Å². The Morgan fingerprint density at radius 2 is 1.74 bits per heavy atom. The van der Waals surface area contributed by atoms with Crippen molar-refractivity contribution in [1.82, 2.24) is 0 Å². The minimum atomic E-state index is -0.580. The second-order valence-corrected chi connectivity index (χ2v) is 4.63. The molecule has 0 radical (unpaired) electrons. The van der Waals surface area contributed by atoms with Crippen LogP contribution in [0.3, 0.4) is 0 Å². The number of ether oxygens (including phenoxy) is 2. The zero-order valence-electron chi connectivity index (χ0n) is 12.7. The number of carbonyl (C=O) groups excluding carboxylic acids is 2. The predicted octanol–water partition coefficient (Wildman–Crippen LogP) is 2.89. The molecule has 0 fully saturated rings. The summed E-state index contributed by atoms with van der Waals surface area (Å²) in [5, 5.41) is 2.63. The molecule has 0 atom stereocenters. The lowest BCUT2D eigenvalue weighted by atomic mass is 10.2. The summed E-state index contributed by atoms with van der Waals surface area (Å²) in [6, 6.07) is 16.2. The van der Waals surface area contributed by atoms with E-state index >= 15 is 0 Å². The number of hydrogen-bond acceptors (Lipinski definition) is 4. The summed E-state index contributed by atoms with van der Waals surface area (Å²) in [6.07, 6.45) is 2.88. The fourth-order valence-corrected chi connectivity index (χ4v) is 1.78. The Bertz CT molecular complexity index is 678. The Kier molecular flexibility index (Phi) is 5.94. The predicted molar refractivity (Wildman–Crippen MR) is 88.1 cm³/mol. The summed E-state index contributed by atoms with van der Waals surface area (Å²) in [7, 11) is 1.59. The second-order valence-electron chi connectivity index (χ2n) is 4.63. The smallest absolute Gasteiger partial charge is 0.331 e. The largest absolute Gasteiger partial charge is 0.497 e. The van der Waals surface area contributed by atoms with Crippen LogP contribution in [-0.2, 0) is 14.3 Å². The van der Waals surface area contributed by atoms with Gasteiger partial charge < -0.3 is 14.8 Å². The zero-order chi connectivity index (χ0) is 16.5. The van der Waals surface area contributed by atoms with Gasteiger partial charge in [0.15, 0.2) is 6.61 Å². The van der Waals surface area contributed by atoms with Crippen LogP contribution in [0.2, 0.25) is 0 Å². The fraction of sp³-hybridized carbons (Fsp3) is 0.111. The quantitative estimate of drug-likeness (QED) is 0.658. The van der Waals surface area contributed by atoms with Crippen LogP contribution in [0.15, 0.2) is 60.7 Å². The van der Waals surface area contributed by atoms with Crippen molar-refractivity contribution in [2.45, 2.75) is 0 Å². The minimum Gasteiger partial charge on any atom is -0.497 e. The molecule has 118 valence electrons. The van der Waals surface area contributed by atoms with Crippen LogP contribution in [0.4, 0.5) is 5.69 Å². The Hall–Kier alpha value is -3.08. The Labute approximate surface area is 134 Å². The molecule has 2 aromatic carbocycles. The molecule has 2 aromatic rings. The molecule has 0 aliphatic rings. The van der Waals surface area contributed by atoms with Crippen molar-refractivity contribution in [3.05, 3.63) is 66.2 Å². The molecule has 23 heavy (non-hydrogen) atoms. The van der Waals surface area contributed by atoms with Crippen LogP contribution in [0.5, 0.6) is 5.75 Å². The van der Waals surface area contributed by atoms with Gasteiger partial charge in [0.1, 0.15) is 5.75 Å². The van der Waals surface area contributed by atoms with Crippen molar-refractivity contribution in [2.24, 2.45) is 0 Å². The first-order valence-corrected chi connectivity index (χ1v) is 7.01. The molecule has 0 aliphatic heterocycles. The highest BCUT2D eigenvalue weighted by molar-refractivity contribution is 5.94. The summed E-state index contributed by atoms with van der Waals surface area (Å²) < 4.78 is 9.93. The van der Waals surface area contributed by atoms with Crippen molar-refractivity contribution < 1.29 is 19.1 Å². The second kappa shape index (κ2) is 8.38. The number of para-hydroxylation sites is 1. The van der Waals surface area contributed by atoms with Crippen LogP contribution in [-0.4, -0.2) is 25.6 Å². The maximum atomic E-state index is 11.6. The third kappa shape index (κ3) is 5.67. The zero-order valence-corrected chi connectivity index (χ0v) is 12.7. The number of amides is 1. The number of rotatable bonds is 6. The molecule has 5 nitrogen and oxygen atoms in total. The van der Waals surface area contributed by atoms with E-state index in [4.69, 9.17) is 9.47 Å². The fourth-order valence-electron chi connectivity index (χ4n) is 1.78. The van der Waals surface area contributed by atoms with E-state index in [1.165, 1.54) is 6.08 Å². The third-order valence-electron chi connectivity index (χ3n) is 2.93. The van der Waals surface area contributed by atoms with E-state index in [1.807, 2.05) is 18.2 Å². The first kappa shape index (κ1) is 16.3. The van der Waals surface area contributed by atoms with E-state index in [0.717, 1.165) is 11.3 Å². The molecule has 5 heteroatoms. The van der Waals surface area contributed by atoms with Crippen molar-refractivity contribution in [2.75, 3.05) is 19.0 Å². The molecular weight excluding hydrogens is 294 g/mol. The highest BCUT2D eigenvalue weighted by Gasteiger charge is 2.05. The van der Waals surface area contributed by atoms with Gasteiger partial charge in [0.2, 0.25) is 0 Å². The molecule has 0 saturated heterocycles. The van der Waals surface area contributed by atoms with Gasteiger partial charge in [0, 0.05) is 11.8 Å². The van der Waals surface area contributed by atoms with Crippen LogP contribution in [0.1, 0.15) is 5.56 Å². The monoisotopic (exact) mass is 311 g/mol. The lowest BCUT2D eigenvalue weighted by Gasteiger charge is -2.04. The van der Waals surface area contributed by atoms with E-state index in [0.29, 0.717) is 5.69 Å². The Morgan fingerprint density at radius 1 is 1.04 bits per heavy atom. The molecule has 0 bridgehead atoms. The van der Waals surface area contributed by atoms with Gasteiger partial charge in [-0.15, -0.1) is 0 Å². The SMILES string of the molecule is COc1ccc(/C=C/C(=O)OCC(=O)Nc2ccccc2)cc1. The van der Waals surface area contributed by atoms with E-state index in [9.17, 15) is 9.59 Å². The summed E-state index contributed by atoms with van der Waals surface area (Å²) >= 11 is 0. The molecule has 0 spiro atoms. The van der Waals surface area contributed by atoms with Crippen molar-refractivity contribution in [3.63, 3.8) is 0 Å². The number of methoxy groups -OCH3 is 1. The first-order valence-electron chi connectivity index (χ1n) is 7.01. The normalized spacial score (nSPS) is 10.3. The van der Waals surface area contributed by atoms with Crippen molar-refractivity contribution in [3.8, 4) is 5.75 Å². The Morgan fingerprint density at radius 3 is 2.39 bits per heavy atom. The maximum Gasteiger partial charge on any atom is 0.331 e. The highest BCUT2D eigenvalue weighted by atomic mass is 16.5. The number of anilines is 1. The molecule has 0 saturated carbocycles. The van der Waals surface area contributed by atoms with Crippen LogP contribution >= 0.6 is 0 Å². The highest BCUT2D eigenvalue weighted by Crippen LogP contribution is 2.12. The molecule has 0 unspecified atom stereocenters. The average Bonchev–Trinajstić information content (AvgIpc) is 2.59. The molecular formula is C18H17NO4. The van der Waals surface area contributed by atoms with Gasteiger partial charge in [-0.1, -0.05) is 30.3 Å². The lowest BCUT2D eigenvalue weighted by Crippen LogP contribution is -2.20. The summed E-state index contributed by atoms with van der Waals surface area (Å²) in [5.41, 5.74) is 1.49. The summed E-state index contributed by atoms with van der Waals surface area (Å²) in [4.78, 5) is 23.2. The van der Waals surface area contributed by atoms with Crippen molar-refractivity contribution in [1.29, 1.82) is 0 Å². The van der Waals surface area contributed by atoms with Gasteiger partial charge in [0.25, 0.3) is 5.91 Å². The van der Waals surface area contributed by atoms with Gasteiger partial charge in [-0.25, -0.2) is 4.79 Å². The number of carbonyl (C=O) groups is 2. The van der Waals surface area contributed by atoms with Gasteiger partial charge >= 0.3 is 5.97 Å². The maximum absolute atomic E-state index is 11.6. The summed E-state index contributed by atoms with van der Waals surface area (Å²) in [5.74, 6) is -0.228. The molecule has 1 N–H and O–H groups in total. The number of hydrogen-bond donors (Lipinski definition) is 1. The Balaban J connectivity index is 1.77. The van der Waals surface area contributed by atoms with E-state index in [-0.39, 0.29) is 12.5 Å². The standard InChI is InChI=1S/C18H17NO4/c1-22-16-10-7-14(8-11-16)9-12-18(21)23-13-17(20)19-15-5-3-2-4-6-15/h2-12H,13H2,1H3,(H,19,20)/b12-9+. The molecule has 1 amide bonds. The molecule has 2 rings (SSSR count). The van der Waals surface area contributed by atoms with E-state index < -0.39 is 5.97 Å². The van der Waals surface area contributed by atoms with E-state index in [2.05, 4.69) is 5.32 Å². The lowest BCUT2D eigenvalue weighted by molar-refractivity contribution is -0.142. The van der Waals surface area contributed by atoms with E-state index in [1.54, 1.807) is 49.6 Å².